The van der Waals surface area contributed by atoms with Gasteiger partial charge in [-0.05, 0) is 17.7 Å². The molecular formula is C14H17N3O2. The van der Waals surface area contributed by atoms with Gasteiger partial charge >= 0.3 is 0 Å². The van der Waals surface area contributed by atoms with Crippen molar-refractivity contribution >= 4 is 5.82 Å². The van der Waals surface area contributed by atoms with E-state index in [9.17, 15) is 0 Å². The first-order chi connectivity index (χ1) is 9.38. The van der Waals surface area contributed by atoms with E-state index in [0.29, 0.717) is 19.8 Å². The highest BCUT2D eigenvalue weighted by Gasteiger charge is 1.96. The molecule has 0 bridgehead atoms. The van der Waals surface area contributed by atoms with Gasteiger partial charge in [-0.15, -0.1) is 0 Å². The summed E-state index contributed by atoms with van der Waals surface area (Å²) in [6.45, 7) is 1.87. The number of nitrogens with one attached hydrogen (secondary N) is 1. The monoisotopic (exact) mass is 259 g/mol. The second kappa shape index (κ2) is 7.33. The molecule has 1 aromatic carbocycles. The second-order valence-electron chi connectivity index (χ2n) is 3.92. The van der Waals surface area contributed by atoms with Crippen LogP contribution >= 0.6 is 0 Å². The van der Waals surface area contributed by atoms with Gasteiger partial charge in [0.1, 0.15) is 11.6 Å². The maximum absolute atomic E-state index is 5.57. The lowest BCUT2D eigenvalue weighted by atomic mass is 10.2. The van der Waals surface area contributed by atoms with Gasteiger partial charge < -0.3 is 14.8 Å². The Hall–Kier alpha value is -2.14. The van der Waals surface area contributed by atoms with Crippen molar-refractivity contribution in [2.45, 2.75) is 6.61 Å². The van der Waals surface area contributed by atoms with Crippen molar-refractivity contribution < 1.29 is 9.47 Å². The topological polar surface area (TPSA) is 56.3 Å². The van der Waals surface area contributed by atoms with Crippen molar-refractivity contribution in [2.24, 2.45) is 0 Å². The van der Waals surface area contributed by atoms with Gasteiger partial charge in [0, 0.05) is 18.9 Å². The molecule has 0 fully saturated rings. The number of methoxy groups -OCH3 is 1. The van der Waals surface area contributed by atoms with Gasteiger partial charge in [-0.3, -0.25) is 4.98 Å². The van der Waals surface area contributed by atoms with Crippen LogP contribution in [0.4, 0.5) is 5.82 Å². The Morgan fingerprint density at radius 3 is 3.00 bits per heavy atom. The summed E-state index contributed by atoms with van der Waals surface area (Å²) in [7, 11) is 1.66. The zero-order valence-electron chi connectivity index (χ0n) is 10.9. The highest BCUT2D eigenvalue weighted by atomic mass is 16.5. The average Bonchev–Trinajstić information content (AvgIpc) is 2.48. The van der Waals surface area contributed by atoms with Crippen LogP contribution in [-0.2, 0) is 11.3 Å². The maximum atomic E-state index is 5.57. The largest absolute Gasteiger partial charge is 0.497 e. The molecule has 0 aliphatic carbocycles. The summed E-state index contributed by atoms with van der Waals surface area (Å²) < 4.78 is 10.7. The third-order valence-corrected chi connectivity index (χ3v) is 2.52. The van der Waals surface area contributed by atoms with Crippen molar-refractivity contribution in [2.75, 3.05) is 25.6 Å². The van der Waals surface area contributed by atoms with Crippen molar-refractivity contribution in [1.82, 2.24) is 9.97 Å². The van der Waals surface area contributed by atoms with Crippen molar-refractivity contribution in [3.8, 4) is 5.75 Å². The zero-order valence-corrected chi connectivity index (χ0v) is 10.9. The number of anilines is 1. The van der Waals surface area contributed by atoms with E-state index in [0.717, 1.165) is 17.1 Å². The van der Waals surface area contributed by atoms with Gasteiger partial charge in [0.15, 0.2) is 0 Å². The fourth-order valence-corrected chi connectivity index (χ4v) is 1.59. The molecule has 0 saturated carbocycles. The summed E-state index contributed by atoms with van der Waals surface area (Å²) >= 11 is 0. The number of nitrogens with zero attached hydrogens (tertiary/aromatic N) is 2. The number of hydrogen-bond acceptors (Lipinski definition) is 5. The first-order valence-corrected chi connectivity index (χ1v) is 6.09. The normalized spacial score (nSPS) is 10.2. The third kappa shape index (κ3) is 4.56. The van der Waals surface area contributed by atoms with Crippen LogP contribution in [0.3, 0.4) is 0 Å². The fraction of sp³-hybridized carbons (Fsp3) is 0.286. The first-order valence-electron chi connectivity index (χ1n) is 6.09. The molecule has 100 valence electrons. The predicted molar refractivity (Wildman–Crippen MR) is 73.2 cm³/mol. The van der Waals surface area contributed by atoms with E-state index in [4.69, 9.17) is 9.47 Å². The lowest BCUT2D eigenvalue weighted by Gasteiger charge is -2.07. The number of rotatable bonds is 7. The maximum Gasteiger partial charge on any atom is 0.144 e. The highest BCUT2D eigenvalue weighted by Crippen LogP contribution is 2.13. The van der Waals surface area contributed by atoms with Crippen LogP contribution in [0.5, 0.6) is 5.75 Å². The summed E-state index contributed by atoms with van der Waals surface area (Å²) in [5.41, 5.74) is 1.10. The smallest absolute Gasteiger partial charge is 0.144 e. The summed E-state index contributed by atoms with van der Waals surface area (Å²) in [5.74, 6) is 1.60. The van der Waals surface area contributed by atoms with Crippen LogP contribution in [0.1, 0.15) is 5.56 Å². The van der Waals surface area contributed by atoms with Crippen LogP contribution in [0.15, 0.2) is 42.9 Å². The minimum absolute atomic E-state index is 0.569. The van der Waals surface area contributed by atoms with Crippen molar-refractivity contribution in [3.05, 3.63) is 48.4 Å². The molecule has 0 saturated heterocycles. The van der Waals surface area contributed by atoms with Gasteiger partial charge in [0.2, 0.25) is 0 Å². The summed E-state index contributed by atoms with van der Waals surface area (Å²) in [4.78, 5) is 8.08. The van der Waals surface area contributed by atoms with Gasteiger partial charge in [-0.25, -0.2) is 4.98 Å². The molecule has 0 radical (unpaired) electrons. The molecule has 0 spiro atoms. The fourth-order valence-electron chi connectivity index (χ4n) is 1.59. The van der Waals surface area contributed by atoms with E-state index in [1.165, 1.54) is 0 Å². The van der Waals surface area contributed by atoms with Crippen molar-refractivity contribution in [1.29, 1.82) is 0 Å². The molecule has 0 amide bonds. The van der Waals surface area contributed by atoms with E-state index >= 15 is 0 Å². The van der Waals surface area contributed by atoms with Crippen molar-refractivity contribution in [3.63, 3.8) is 0 Å². The number of benzene rings is 1. The second-order valence-corrected chi connectivity index (χ2v) is 3.92. The Balaban J connectivity index is 1.66. The summed E-state index contributed by atoms with van der Waals surface area (Å²) in [6, 6.07) is 7.85. The number of hydrogen-bond donors (Lipinski definition) is 1. The molecule has 0 aliphatic rings. The van der Waals surface area contributed by atoms with E-state index in [1.54, 1.807) is 25.7 Å². The molecule has 2 rings (SSSR count). The molecular weight excluding hydrogens is 242 g/mol. The van der Waals surface area contributed by atoms with Crippen LogP contribution < -0.4 is 10.1 Å². The molecule has 5 nitrogen and oxygen atoms in total. The minimum atomic E-state index is 0.569. The SMILES string of the molecule is COc1cccc(COCCNc2cnccn2)c1. The molecule has 1 heterocycles. The quantitative estimate of drug-likeness (QED) is 0.772. The van der Waals surface area contributed by atoms with Crippen LogP contribution in [0.2, 0.25) is 0 Å². The van der Waals surface area contributed by atoms with E-state index in [2.05, 4.69) is 15.3 Å². The zero-order chi connectivity index (χ0) is 13.3. The third-order valence-electron chi connectivity index (χ3n) is 2.52. The summed E-state index contributed by atoms with van der Waals surface area (Å²) in [5, 5.41) is 3.13. The van der Waals surface area contributed by atoms with E-state index in [1.807, 2.05) is 24.3 Å². The molecule has 1 aromatic heterocycles. The average molecular weight is 259 g/mol. The molecule has 0 unspecified atom stereocenters. The molecule has 5 heteroatoms. The van der Waals surface area contributed by atoms with Gasteiger partial charge in [-0.2, -0.15) is 0 Å². The number of ether oxygens (including phenoxy) is 2. The van der Waals surface area contributed by atoms with Crippen LogP contribution in [0, 0.1) is 0 Å². The highest BCUT2D eigenvalue weighted by molar-refractivity contribution is 5.29. The first kappa shape index (κ1) is 13.3. The molecule has 19 heavy (non-hydrogen) atoms. The molecule has 1 N–H and O–H groups in total. The van der Waals surface area contributed by atoms with E-state index in [-0.39, 0.29) is 0 Å². The number of aromatic nitrogens is 2. The Kier molecular flexibility index (Phi) is 5.13. The Bertz CT molecular complexity index is 491. The Morgan fingerprint density at radius 1 is 1.26 bits per heavy atom. The summed E-state index contributed by atoms with van der Waals surface area (Å²) in [6.07, 6.45) is 4.98. The molecule has 2 aromatic rings. The van der Waals surface area contributed by atoms with Gasteiger partial charge in [0.05, 0.1) is 26.5 Å². The molecule has 0 aliphatic heterocycles. The minimum Gasteiger partial charge on any atom is -0.497 e. The predicted octanol–water partition coefficient (Wildman–Crippen LogP) is 2.11. The molecule has 0 atom stereocenters. The Morgan fingerprint density at radius 2 is 2.21 bits per heavy atom. The van der Waals surface area contributed by atoms with Crippen LogP contribution in [0.25, 0.3) is 0 Å². The van der Waals surface area contributed by atoms with Gasteiger partial charge in [-0.1, -0.05) is 12.1 Å². The van der Waals surface area contributed by atoms with E-state index < -0.39 is 0 Å². The van der Waals surface area contributed by atoms with Gasteiger partial charge in [0.25, 0.3) is 0 Å². The van der Waals surface area contributed by atoms with Crippen LogP contribution in [-0.4, -0.2) is 30.2 Å². The lowest BCUT2D eigenvalue weighted by molar-refractivity contribution is 0.130. The standard InChI is InChI=1S/C14H17N3O2/c1-18-13-4-2-3-12(9-13)11-19-8-7-17-14-10-15-5-6-16-14/h2-6,9-10H,7-8,11H2,1H3,(H,16,17). The lowest BCUT2D eigenvalue weighted by Crippen LogP contribution is -2.10. The Labute approximate surface area is 112 Å².